The van der Waals surface area contributed by atoms with Crippen LogP contribution in [0.25, 0.3) is 0 Å². The predicted molar refractivity (Wildman–Crippen MR) is 80.4 cm³/mol. The zero-order chi connectivity index (χ0) is 14.5. The van der Waals surface area contributed by atoms with Crippen LogP contribution in [0.15, 0.2) is 34.9 Å². The van der Waals surface area contributed by atoms with Crippen molar-refractivity contribution in [3.63, 3.8) is 0 Å². The van der Waals surface area contributed by atoms with Crippen LogP contribution < -0.4 is 10.6 Å². The summed E-state index contributed by atoms with van der Waals surface area (Å²) >= 11 is 3.04. The standard InChI is InChI=1S/C14H14BrF2N3/c1-2-4-18-14-6-9(3-5-19-14)20-13-7-10(15)11(16)8-12(13)17/h3,5-8H,2,4H2,1H3,(H2,18,19,20). The van der Waals surface area contributed by atoms with Crippen LogP contribution in [0.4, 0.5) is 26.0 Å². The smallest absolute Gasteiger partial charge is 0.149 e. The van der Waals surface area contributed by atoms with Crippen molar-refractivity contribution in [1.82, 2.24) is 4.98 Å². The number of hydrogen-bond acceptors (Lipinski definition) is 3. The Morgan fingerprint density at radius 2 is 2.00 bits per heavy atom. The second-order valence-electron chi connectivity index (χ2n) is 4.23. The fourth-order valence-electron chi connectivity index (χ4n) is 1.63. The Bertz CT molecular complexity index is 605. The average Bonchev–Trinajstić information content (AvgIpc) is 2.43. The Balaban J connectivity index is 2.19. The van der Waals surface area contributed by atoms with Crippen LogP contribution in [0.5, 0.6) is 0 Å². The van der Waals surface area contributed by atoms with Crippen molar-refractivity contribution in [2.24, 2.45) is 0 Å². The lowest BCUT2D eigenvalue weighted by atomic mass is 10.2. The summed E-state index contributed by atoms with van der Waals surface area (Å²) in [6.45, 7) is 2.87. The summed E-state index contributed by atoms with van der Waals surface area (Å²) < 4.78 is 27.0. The monoisotopic (exact) mass is 341 g/mol. The van der Waals surface area contributed by atoms with Gasteiger partial charge in [-0.1, -0.05) is 6.92 Å². The maximum absolute atomic E-state index is 13.7. The van der Waals surface area contributed by atoms with E-state index in [-0.39, 0.29) is 10.2 Å². The van der Waals surface area contributed by atoms with Crippen LogP contribution >= 0.6 is 15.9 Å². The number of hydrogen-bond donors (Lipinski definition) is 2. The van der Waals surface area contributed by atoms with Crippen molar-refractivity contribution in [3.05, 3.63) is 46.6 Å². The van der Waals surface area contributed by atoms with E-state index in [1.54, 1.807) is 18.3 Å². The number of anilines is 3. The first-order valence-corrected chi connectivity index (χ1v) is 7.01. The van der Waals surface area contributed by atoms with Crippen molar-refractivity contribution in [3.8, 4) is 0 Å². The first-order chi connectivity index (χ1) is 9.60. The molecule has 2 rings (SSSR count). The molecular formula is C14H14BrF2N3. The Labute approximate surface area is 124 Å². The molecule has 0 amide bonds. The maximum atomic E-state index is 13.7. The molecule has 6 heteroatoms. The summed E-state index contributed by atoms with van der Waals surface area (Å²) in [5.41, 5.74) is 0.877. The SMILES string of the molecule is CCCNc1cc(Nc2cc(Br)c(F)cc2F)ccn1. The molecule has 0 fully saturated rings. The number of pyridine rings is 1. The number of aromatic nitrogens is 1. The van der Waals surface area contributed by atoms with E-state index in [1.165, 1.54) is 6.07 Å². The molecule has 0 aliphatic rings. The molecule has 0 aliphatic heterocycles. The van der Waals surface area contributed by atoms with E-state index in [0.29, 0.717) is 11.5 Å². The van der Waals surface area contributed by atoms with Gasteiger partial charge in [-0.05, 0) is 34.5 Å². The van der Waals surface area contributed by atoms with Gasteiger partial charge in [0.2, 0.25) is 0 Å². The van der Waals surface area contributed by atoms with Gasteiger partial charge in [0.15, 0.2) is 0 Å². The van der Waals surface area contributed by atoms with Gasteiger partial charge in [0, 0.05) is 30.6 Å². The molecule has 0 saturated carbocycles. The normalized spacial score (nSPS) is 10.4. The molecule has 1 aromatic carbocycles. The summed E-state index contributed by atoms with van der Waals surface area (Å²) in [6, 6.07) is 5.69. The Morgan fingerprint density at radius 3 is 2.75 bits per heavy atom. The number of benzene rings is 1. The minimum Gasteiger partial charge on any atom is -0.370 e. The van der Waals surface area contributed by atoms with Crippen molar-refractivity contribution in [2.45, 2.75) is 13.3 Å². The molecule has 0 atom stereocenters. The lowest BCUT2D eigenvalue weighted by molar-refractivity contribution is 0.581. The minimum absolute atomic E-state index is 0.200. The molecule has 3 nitrogen and oxygen atoms in total. The van der Waals surface area contributed by atoms with Gasteiger partial charge < -0.3 is 10.6 Å². The highest BCUT2D eigenvalue weighted by atomic mass is 79.9. The zero-order valence-electron chi connectivity index (χ0n) is 10.9. The largest absolute Gasteiger partial charge is 0.370 e. The average molecular weight is 342 g/mol. The van der Waals surface area contributed by atoms with E-state index < -0.39 is 11.6 Å². The van der Waals surface area contributed by atoms with Gasteiger partial charge in [-0.15, -0.1) is 0 Å². The fourth-order valence-corrected chi connectivity index (χ4v) is 1.98. The number of nitrogens with one attached hydrogen (secondary N) is 2. The fraction of sp³-hybridized carbons (Fsp3) is 0.214. The van der Waals surface area contributed by atoms with Gasteiger partial charge >= 0.3 is 0 Å². The molecule has 1 heterocycles. The van der Waals surface area contributed by atoms with E-state index in [2.05, 4.69) is 38.5 Å². The van der Waals surface area contributed by atoms with Crippen molar-refractivity contribution in [2.75, 3.05) is 17.2 Å². The van der Waals surface area contributed by atoms with Gasteiger partial charge in [-0.25, -0.2) is 13.8 Å². The van der Waals surface area contributed by atoms with E-state index in [4.69, 9.17) is 0 Å². The summed E-state index contributed by atoms with van der Waals surface area (Å²) in [7, 11) is 0. The third-order valence-corrected chi connectivity index (χ3v) is 3.21. The number of nitrogens with zero attached hydrogens (tertiary/aromatic N) is 1. The first kappa shape index (κ1) is 14.7. The van der Waals surface area contributed by atoms with E-state index in [0.717, 1.165) is 19.0 Å². The topological polar surface area (TPSA) is 37.0 Å². The molecular weight excluding hydrogens is 328 g/mol. The highest BCUT2D eigenvalue weighted by Crippen LogP contribution is 2.26. The minimum atomic E-state index is -0.648. The predicted octanol–water partition coefficient (Wildman–Crippen LogP) is 4.69. The molecule has 106 valence electrons. The molecule has 0 unspecified atom stereocenters. The lowest BCUT2D eigenvalue weighted by Gasteiger charge is -2.10. The van der Waals surface area contributed by atoms with Crippen LogP contribution in [0.2, 0.25) is 0 Å². The molecule has 0 saturated heterocycles. The van der Waals surface area contributed by atoms with Crippen LogP contribution in [0, 0.1) is 11.6 Å². The van der Waals surface area contributed by atoms with E-state index in [1.807, 2.05) is 0 Å². The number of rotatable bonds is 5. The summed E-state index contributed by atoms with van der Waals surface area (Å²) in [4.78, 5) is 4.16. The lowest BCUT2D eigenvalue weighted by Crippen LogP contribution is -2.02. The summed E-state index contributed by atoms with van der Waals surface area (Å²) in [5.74, 6) is -0.572. The van der Waals surface area contributed by atoms with Crippen LogP contribution in [-0.2, 0) is 0 Å². The van der Waals surface area contributed by atoms with Gasteiger partial charge in [0.25, 0.3) is 0 Å². The quantitative estimate of drug-likeness (QED) is 0.774. The second kappa shape index (κ2) is 6.65. The molecule has 1 aromatic heterocycles. The van der Waals surface area contributed by atoms with Crippen molar-refractivity contribution < 1.29 is 8.78 Å². The van der Waals surface area contributed by atoms with Crippen LogP contribution in [0.1, 0.15) is 13.3 Å². The van der Waals surface area contributed by atoms with Gasteiger partial charge in [0.1, 0.15) is 17.5 Å². The number of halogens is 3. The van der Waals surface area contributed by atoms with Gasteiger partial charge in [-0.2, -0.15) is 0 Å². The third kappa shape index (κ3) is 3.66. The molecule has 0 bridgehead atoms. The Morgan fingerprint density at radius 1 is 1.20 bits per heavy atom. The first-order valence-electron chi connectivity index (χ1n) is 6.21. The second-order valence-corrected chi connectivity index (χ2v) is 5.08. The van der Waals surface area contributed by atoms with Gasteiger partial charge in [-0.3, -0.25) is 0 Å². The maximum Gasteiger partial charge on any atom is 0.149 e. The molecule has 2 aromatic rings. The summed E-state index contributed by atoms with van der Waals surface area (Å²) in [6.07, 6.45) is 2.61. The van der Waals surface area contributed by atoms with Gasteiger partial charge in [0.05, 0.1) is 10.2 Å². The molecule has 20 heavy (non-hydrogen) atoms. The highest BCUT2D eigenvalue weighted by Gasteiger charge is 2.08. The van der Waals surface area contributed by atoms with Crippen molar-refractivity contribution in [1.29, 1.82) is 0 Å². The molecule has 0 radical (unpaired) electrons. The highest BCUT2D eigenvalue weighted by molar-refractivity contribution is 9.10. The Kier molecular flexibility index (Phi) is 4.89. The summed E-state index contributed by atoms with van der Waals surface area (Å²) in [5, 5.41) is 6.05. The van der Waals surface area contributed by atoms with Crippen molar-refractivity contribution >= 4 is 33.1 Å². The molecule has 0 aliphatic carbocycles. The molecule has 2 N–H and O–H groups in total. The zero-order valence-corrected chi connectivity index (χ0v) is 12.5. The molecule has 0 spiro atoms. The van der Waals surface area contributed by atoms with Crippen LogP contribution in [0.3, 0.4) is 0 Å². The third-order valence-electron chi connectivity index (χ3n) is 2.61. The Hall–Kier alpha value is -1.69. The van der Waals surface area contributed by atoms with E-state index in [9.17, 15) is 8.78 Å². The van der Waals surface area contributed by atoms with Crippen LogP contribution in [-0.4, -0.2) is 11.5 Å². The van der Waals surface area contributed by atoms with E-state index >= 15 is 0 Å².